The second-order valence-electron chi connectivity index (χ2n) is 7.29. The molecule has 1 amide bonds. The Morgan fingerprint density at radius 3 is 2.53 bits per heavy atom. The molecule has 3 aromatic rings. The van der Waals surface area contributed by atoms with Gasteiger partial charge in [0.2, 0.25) is 5.91 Å². The van der Waals surface area contributed by atoms with Gasteiger partial charge in [-0.2, -0.15) is 5.26 Å². The number of amides is 1. The van der Waals surface area contributed by atoms with Crippen LogP contribution in [0.5, 0.6) is 5.75 Å². The quantitative estimate of drug-likeness (QED) is 0.422. The van der Waals surface area contributed by atoms with Crippen LogP contribution in [0.25, 0.3) is 0 Å². The number of carbonyl (C=O) groups is 1. The van der Waals surface area contributed by atoms with Gasteiger partial charge < -0.3 is 14.2 Å². The van der Waals surface area contributed by atoms with Crippen LogP contribution < -0.4 is 9.64 Å². The maximum Gasteiger partial charge on any atom is 0.237 e. The number of thioether (sulfide) groups is 1. The van der Waals surface area contributed by atoms with Crippen LogP contribution in [0.4, 0.5) is 5.69 Å². The van der Waals surface area contributed by atoms with Gasteiger partial charge >= 0.3 is 0 Å². The number of anilines is 1. The van der Waals surface area contributed by atoms with E-state index < -0.39 is 0 Å². The minimum Gasteiger partial charge on any atom is -0.486 e. The molecular formula is C23H24ClN5O2S. The molecule has 0 saturated carbocycles. The number of rotatable bonds is 9. The molecule has 3 rings (SSSR count). The second-order valence-corrected chi connectivity index (χ2v) is 8.67. The third-order valence-electron chi connectivity index (χ3n) is 4.70. The molecule has 9 heteroatoms. The minimum atomic E-state index is -0.0859. The summed E-state index contributed by atoms with van der Waals surface area (Å²) in [4.78, 5) is 14.7. The predicted molar refractivity (Wildman–Crippen MR) is 126 cm³/mol. The molecular weight excluding hydrogens is 446 g/mol. The summed E-state index contributed by atoms with van der Waals surface area (Å²) >= 11 is 7.20. The van der Waals surface area contributed by atoms with E-state index in [4.69, 9.17) is 21.6 Å². The van der Waals surface area contributed by atoms with Gasteiger partial charge in [0.05, 0.1) is 18.2 Å². The zero-order chi connectivity index (χ0) is 23.1. The topological polar surface area (TPSA) is 84.0 Å². The standard InChI is InChI=1S/C23H24ClN5O2S/c1-16-11-17(2)13-19(12-16)29(10-4-9-25)22(30)15-32-23-27-26-21(28(23)3)14-31-20-7-5-18(24)6-8-20/h5-8,11-13H,4,10,14-15H2,1-3H3. The molecule has 32 heavy (non-hydrogen) atoms. The first-order valence-electron chi connectivity index (χ1n) is 10.0. The van der Waals surface area contributed by atoms with Crippen LogP contribution >= 0.6 is 23.4 Å². The molecule has 166 valence electrons. The Balaban J connectivity index is 1.64. The van der Waals surface area contributed by atoms with Gasteiger partial charge in [0, 0.05) is 24.3 Å². The molecule has 0 aliphatic carbocycles. The van der Waals surface area contributed by atoms with Gasteiger partial charge in [0.15, 0.2) is 11.0 Å². The Labute approximate surface area is 197 Å². The lowest BCUT2D eigenvalue weighted by Crippen LogP contribution is -2.33. The molecule has 0 fully saturated rings. The van der Waals surface area contributed by atoms with E-state index >= 15 is 0 Å². The van der Waals surface area contributed by atoms with E-state index in [0.29, 0.717) is 28.3 Å². The van der Waals surface area contributed by atoms with Gasteiger partial charge in [0.1, 0.15) is 12.4 Å². The fourth-order valence-electron chi connectivity index (χ4n) is 3.15. The van der Waals surface area contributed by atoms with E-state index in [1.54, 1.807) is 29.2 Å². The summed E-state index contributed by atoms with van der Waals surface area (Å²) in [5.41, 5.74) is 2.94. The van der Waals surface area contributed by atoms with Crippen molar-refractivity contribution in [2.24, 2.45) is 7.05 Å². The lowest BCUT2D eigenvalue weighted by Gasteiger charge is -2.22. The smallest absolute Gasteiger partial charge is 0.237 e. The zero-order valence-corrected chi connectivity index (χ0v) is 19.8. The molecule has 0 atom stereocenters. The lowest BCUT2D eigenvalue weighted by atomic mass is 10.1. The van der Waals surface area contributed by atoms with Crippen molar-refractivity contribution >= 4 is 35.0 Å². The average molecular weight is 470 g/mol. The Bertz CT molecular complexity index is 1100. The highest BCUT2D eigenvalue weighted by atomic mass is 35.5. The molecule has 0 radical (unpaired) electrons. The molecule has 1 heterocycles. The maximum atomic E-state index is 13.0. The number of nitrogens with zero attached hydrogens (tertiary/aromatic N) is 5. The first kappa shape index (κ1) is 23.6. The highest BCUT2D eigenvalue weighted by Gasteiger charge is 2.18. The van der Waals surface area contributed by atoms with Gasteiger partial charge in [0.25, 0.3) is 0 Å². The van der Waals surface area contributed by atoms with Crippen LogP contribution in [0.2, 0.25) is 5.02 Å². The number of nitriles is 1. The molecule has 0 aliphatic heterocycles. The van der Waals surface area contributed by atoms with Gasteiger partial charge in [-0.3, -0.25) is 4.79 Å². The average Bonchev–Trinajstić information content (AvgIpc) is 3.11. The number of aryl methyl sites for hydroxylation is 2. The normalized spacial score (nSPS) is 10.6. The molecule has 0 unspecified atom stereocenters. The van der Waals surface area contributed by atoms with Crippen LogP contribution in [0.1, 0.15) is 23.4 Å². The van der Waals surface area contributed by atoms with Crippen LogP contribution in [-0.4, -0.2) is 33.0 Å². The number of benzene rings is 2. The summed E-state index contributed by atoms with van der Waals surface area (Å²) in [7, 11) is 1.84. The van der Waals surface area contributed by atoms with Gasteiger partial charge in [-0.15, -0.1) is 10.2 Å². The Hall–Kier alpha value is -3.02. The SMILES string of the molecule is Cc1cc(C)cc(N(CCC#N)C(=O)CSc2nnc(COc3ccc(Cl)cc3)n2C)c1. The van der Waals surface area contributed by atoms with Crippen LogP contribution in [0.3, 0.4) is 0 Å². The monoisotopic (exact) mass is 469 g/mol. The number of aromatic nitrogens is 3. The van der Waals surface area contributed by atoms with Crippen molar-refractivity contribution in [3.8, 4) is 11.8 Å². The molecule has 2 aromatic carbocycles. The molecule has 0 bridgehead atoms. The summed E-state index contributed by atoms with van der Waals surface area (Å²) in [5, 5.41) is 18.6. The highest BCUT2D eigenvalue weighted by molar-refractivity contribution is 7.99. The molecule has 0 spiro atoms. The van der Waals surface area contributed by atoms with Gasteiger partial charge in [-0.05, 0) is 61.4 Å². The van der Waals surface area contributed by atoms with Gasteiger partial charge in [-0.25, -0.2) is 0 Å². The molecule has 0 saturated heterocycles. The highest BCUT2D eigenvalue weighted by Crippen LogP contribution is 2.23. The third-order valence-corrected chi connectivity index (χ3v) is 5.95. The molecule has 0 N–H and O–H groups in total. The first-order valence-corrected chi connectivity index (χ1v) is 11.4. The number of ether oxygens (including phenoxy) is 1. The van der Waals surface area contributed by atoms with E-state index in [9.17, 15) is 4.79 Å². The van der Waals surface area contributed by atoms with Crippen molar-refractivity contribution in [3.05, 3.63) is 64.4 Å². The minimum absolute atomic E-state index is 0.0859. The van der Waals surface area contributed by atoms with Crippen molar-refractivity contribution in [1.29, 1.82) is 5.26 Å². The summed E-state index contributed by atoms with van der Waals surface area (Å²) in [6.07, 6.45) is 0.263. The molecule has 1 aromatic heterocycles. The van der Waals surface area contributed by atoms with E-state index in [1.807, 2.05) is 37.6 Å². The first-order chi connectivity index (χ1) is 15.4. The van der Waals surface area contributed by atoms with E-state index in [-0.39, 0.29) is 24.7 Å². The maximum absolute atomic E-state index is 13.0. The Morgan fingerprint density at radius 1 is 1.19 bits per heavy atom. The van der Waals surface area contributed by atoms with Crippen molar-refractivity contribution < 1.29 is 9.53 Å². The number of halogens is 1. The van der Waals surface area contributed by atoms with E-state index in [0.717, 1.165) is 16.8 Å². The van der Waals surface area contributed by atoms with Gasteiger partial charge in [-0.1, -0.05) is 29.4 Å². The molecule has 0 aliphatic rings. The zero-order valence-electron chi connectivity index (χ0n) is 18.2. The fourth-order valence-corrected chi connectivity index (χ4v) is 4.08. The number of hydrogen-bond donors (Lipinski definition) is 0. The lowest BCUT2D eigenvalue weighted by molar-refractivity contribution is -0.116. The second kappa shape index (κ2) is 11.0. The van der Waals surface area contributed by atoms with Crippen molar-refractivity contribution in [2.75, 3.05) is 17.2 Å². The summed E-state index contributed by atoms with van der Waals surface area (Å²) in [6, 6.07) is 15.2. The van der Waals surface area contributed by atoms with E-state index in [2.05, 4.69) is 22.3 Å². The summed E-state index contributed by atoms with van der Waals surface area (Å²) in [6.45, 7) is 4.57. The Morgan fingerprint density at radius 2 is 1.88 bits per heavy atom. The van der Waals surface area contributed by atoms with Crippen LogP contribution in [0, 0.1) is 25.2 Å². The number of hydrogen-bond acceptors (Lipinski definition) is 6. The number of carbonyl (C=O) groups excluding carboxylic acids is 1. The Kier molecular flexibility index (Phi) is 8.14. The molecule has 7 nitrogen and oxygen atoms in total. The third kappa shape index (κ3) is 6.25. The summed E-state index contributed by atoms with van der Waals surface area (Å²) in [5.74, 6) is 1.42. The largest absolute Gasteiger partial charge is 0.486 e. The van der Waals surface area contributed by atoms with Crippen LogP contribution in [-0.2, 0) is 18.4 Å². The summed E-state index contributed by atoms with van der Waals surface area (Å²) < 4.78 is 7.54. The van der Waals surface area contributed by atoms with Crippen molar-refractivity contribution in [3.63, 3.8) is 0 Å². The van der Waals surface area contributed by atoms with E-state index in [1.165, 1.54) is 11.8 Å². The fraction of sp³-hybridized carbons (Fsp3) is 0.304. The van der Waals surface area contributed by atoms with Crippen molar-refractivity contribution in [1.82, 2.24) is 14.8 Å². The van der Waals surface area contributed by atoms with Crippen LogP contribution in [0.15, 0.2) is 47.6 Å². The van der Waals surface area contributed by atoms with Crippen molar-refractivity contribution in [2.45, 2.75) is 32.0 Å². The predicted octanol–water partition coefficient (Wildman–Crippen LogP) is 4.70.